The van der Waals surface area contributed by atoms with Gasteiger partial charge in [0.05, 0.1) is 4.88 Å². The number of nitrogens with one attached hydrogen (secondary N) is 1. The fraction of sp³-hybridized carbons (Fsp3) is 0.333. The topological polar surface area (TPSA) is 85.1 Å². The van der Waals surface area contributed by atoms with Crippen LogP contribution in [0.25, 0.3) is 10.7 Å². The van der Waals surface area contributed by atoms with Gasteiger partial charge in [-0.15, -0.1) is 11.3 Å². The lowest BCUT2D eigenvalue weighted by molar-refractivity contribution is 0.380. The molecule has 1 N–H and O–H groups in total. The third kappa shape index (κ3) is 3.26. The maximum absolute atomic E-state index is 12.8. The molecule has 0 amide bonds. The molecule has 0 radical (unpaired) electrons. The Bertz CT molecular complexity index is 1080. The summed E-state index contributed by atoms with van der Waals surface area (Å²) in [5.74, 6) is 1.46. The molecule has 1 aliphatic rings. The van der Waals surface area contributed by atoms with Gasteiger partial charge in [0.15, 0.2) is 0 Å². The second-order valence-corrected chi connectivity index (χ2v) is 9.57. The Labute approximate surface area is 156 Å². The lowest BCUT2D eigenvalue weighted by Crippen LogP contribution is -2.13. The largest absolute Gasteiger partial charge is 0.339 e. The number of nitrogens with zero attached hydrogens (tertiary/aromatic N) is 2. The van der Waals surface area contributed by atoms with Crippen molar-refractivity contribution in [3.05, 3.63) is 46.2 Å². The van der Waals surface area contributed by atoms with Crippen molar-refractivity contribution < 1.29 is 12.9 Å². The molecule has 6 nitrogen and oxygen atoms in total. The van der Waals surface area contributed by atoms with E-state index in [0.29, 0.717) is 33.1 Å². The lowest BCUT2D eigenvalue weighted by atomic mass is 10.1. The zero-order chi connectivity index (χ0) is 18.5. The molecule has 3 aromatic rings. The Morgan fingerprint density at radius 1 is 1.15 bits per heavy atom. The summed E-state index contributed by atoms with van der Waals surface area (Å²) in [7, 11) is -3.68. The monoisotopic (exact) mass is 389 g/mol. The lowest BCUT2D eigenvalue weighted by Gasteiger charge is -2.09. The van der Waals surface area contributed by atoms with Gasteiger partial charge in [-0.05, 0) is 62.9 Å². The fourth-order valence-corrected chi connectivity index (χ4v) is 5.26. The molecule has 136 valence electrons. The first kappa shape index (κ1) is 17.2. The first-order valence-electron chi connectivity index (χ1n) is 8.38. The number of hydrogen-bond acceptors (Lipinski definition) is 6. The molecule has 26 heavy (non-hydrogen) atoms. The summed E-state index contributed by atoms with van der Waals surface area (Å²) in [6.07, 6.45) is 2.15. The van der Waals surface area contributed by atoms with Crippen LogP contribution in [0, 0.1) is 20.8 Å². The zero-order valence-electron chi connectivity index (χ0n) is 14.7. The molecule has 2 heterocycles. The van der Waals surface area contributed by atoms with Gasteiger partial charge in [-0.1, -0.05) is 11.2 Å². The molecule has 1 fully saturated rings. The molecule has 0 unspecified atom stereocenters. The number of anilines is 1. The minimum absolute atomic E-state index is 0.244. The molecule has 0 bridgehead atoms. The van der Waals surface area contributed by atoms with Gasteiger partial charge in [0.2, 0.25) is 11.7 Å². The number of aromatic nitrogens is 2. The Kier molecular flexibility index (Phi) is 4.11. The van der Waals surface area contributed by atoms with Crippen molar-refractivity contribution in [3.8, 4) is 10.7 Å². The summed E-state index contributed by atoms with van der Waals surface area (Å²) in [6, 6.07) is 7.11. The average Bonchev–Trinajstić information content (AvgIpc) is 3.16. The Hall–Kier alpha value is -2.19. The summed E-state index contributed by atoms with van der Waals surface area (Å²) in [4.78, 5) is 6.03. The van der Waals surface area contributed by atoms with Gasteiger partial charge in [-0.25, -0.2) is 8.42 Å². The van der Waals surface area contributed by atoms with Crippen molar-refractivity contribution >= 4 is 27.0 Å². The summed E-state index contributed by atoms with van der Waals surface area (Å²) in [5, 5.41) is 4.00. The highest BCUT2D eigenvalue weighted by Crippen LogP contribution is 2.40. The Balaban J connectivity index is 1.63. The summed E-state index contributed by atoms with van der Waals surface area (Å²) in [5.41, 5.74) is 2.70. The van der Waals surface area contributed by atoms with Gasteiger partial charge in [-0.2, -0.15) is 4.98 Å². The van der Waals surface area contributed by atoms with Crippen LogP contribution in [0.2, 0.25) is 0 Å². The molecule has 0 saturated heterocycles. The van der Waals surface area contributed by atoms with Crippen LogP contribution in [0.1, 0.15) is 40.7 Å². The van der Waals surface area contributed by atoms with E-state index in [2.05, 4.69) is 14.9 Å². The Morgan fingerprint density at radius 3 is 2.62 bits per heavy atom. The zero-order valence-corrected chi connectivity index (χ0v) is 16.4. The third-order valence-electron chi connectivity index (χ3n) is 4.51. The number of aryl methyl sites for hydroxylation is 3. The van der Waals surface area contributed by atoms with Gasteiger partial charge in [-0.3, -0.25) is 4.72 Å². The van der Waals surface area contributed by atoms with E-state index in [9.17, 15) is 8.42 Å². The first-order valence-corrected chi connectivity index (χ1v) is 10.7. The molecule has 4 rings (SSSR count). The standard InChI is InChI=1S/C18H19N3O3S2/c1-10-4-7-14(8-11(10)2)21-26(22,23)16-9-15(25-12(16)3)17-19-18(24-20-17)13-5-6-13/h4,7-9,13,21H,5-6H2,1-3H3. The van der Waals surface area contributed by atoms with E-state index in [4.69, 9.17) is 4.52 Å². The number of thiophene rings is 1. The van der Waals surface area contributed by atoms with Gasteiger partial charge in [0.1, 0.15) is 4.90 Å². The van der Waals surface area contributed by atoms with Gasteiger partial charge in [0.25, 0.3) is 10.0 Å². The summed E-state index contributed by atoms with van der Waals surface area (Å²) < 4.78 is 33.6. The van der Waals surface area contributed by atoms with E-state index in [-0.39, 0.29) is 4.90 Å². The molecule has 8 heteroatoms. The molecule has 0 spiro atoms. The van der Waals surface area contributed by atoms with Crippen LogP contribution in [0.5, 0.6) is 0 Å². The predicted octanol–water partition coefficient (Wildman–Crippen LogP) is 4.40. The number of benzene rings is 1. The minimum atomic E-state index is -3.68. The number of sulfonamides is 1. The fourth-order valence-electron chi connectivity index (χ4n) is 2.69. The third-order valence-corrected chi connectivity index (χ3v) is 7.19. The van der Waals surface area contributed by atoms with Crippen LogP contribution in [0.4, 0.5) is 5.69 Å². The van der Waals surface area contributed by atoms with E-state index < -0.39 is 10.0 Å². The second-order valence-electron chi connectivity index (χ2n) is 6.67. The van der Waals surface area contributed by atoms with Crippen molar-refractivity contribution in [1.82, 2.24) is 10.1 Å². The highest BCUT2D eigenvalue weighted by atomic mass is 32.2. The maximum atomic E-state index is 12.8. The Morgan fingerprint density at radius 2 is 1.92 bits per heavy atom. The number of hydrogen-bond donors (Lipinski definition) is 1. The van der Waals surface area contributed by atoms with Crippen molar-refractivity contribution in [2.75, 3.05) is 4.72 Å². The smallest absolute Gasteiger partial charge is 0.263 e. The van der Waals surface area contributed by atoms with Gasteiger partial charge < -0.3 is 4.52 Å². The van der Waals surface area contributed by atoms with Crippen LogP contribution in [-0.4, -0.2) is 18.6 Å². The molecule has 1 saturated carbocycles. The quantitative estimate of drug-likeness (QED) is 0.699. The number of rotatable bonds is 5. The van der Waals surface area contributed by atoms with Crippen molar-refractivity contribution in [2.24, 2.45) is 0 Å². The van der Waals surface area contributed by atoms with E-state index in [1.807, 2.05) is 26.0 Å². The van der Waals surface area contributed by atoms with Crippen molar-refractivity contribution in [3.63, 3.8) is 0 Å². The minimum Gasteiger partial charge on any atom is -0.339 e. The molecule has 2 aromatic heterocycles. The highest BCUT2D eigenvalue weighted by molar-refractivity contribution is 7.93. The SMILES string of the molecule is Cc1ccc(NS(=O)(=O)c2cc(-c3noc(C4CC4)n3)sc2C)cc1C. The molecular weight excluding hydrogens is 370 g/mol. The van der Waals surface area contributed by atoms with E-state index in [1.54, 1.807) is 19.1 Å². The molecule has 1 aliphatic carbocycles. The molecule has 0 atom stereocenters. The van der Waals surface area contributed by atoms with Crippen LogP contribution in [-0.2, 0) is 10.0 Å². The van der Waals surface area contributed by atoms with E-state index >= 15 is 0 Å². The van der Waals surface area contributed by atoms with Gasteiger partial charge >= 0.3 is 0 Å². The van der Waals surface area contributed by atoms with E-state index in [1.165, 1.54) is 11.3 Å². The van der Waals surface area contributed by atoms with E-state index in [0.717, 1.165) is 24.0 Å². The maximum Gasteiger partial charge on any atom is 0.263 e. The van der Waals surface area contributed by atoms with Gasteiger partial charge in [0, 0.05) is 16.5 Å². The van der Waals surface area contributed by atoms with Crippen LogP contribution in [0.15, 0.2) is 33.7 Å². The normalized spacial score (nSPS) is 14.6. The predicted molar refractivity (Wildman–Crippen MR) is 101 cm³/mol. The first-order chi connectivity index (χ1) is 12.3. The summed E-state index contributed by atoms with van der Waals surface area (Å²) in [6.45, 7) is 5.73. The summed E-state index contributed by atoms with van der Waals surface area (Å²) >= 11 is 1.35. The van der Waals surface area contributed by atoms with Crippen molar-refractivity contribution in [1.29, 1.82) is 0 Å². The van der Waals surface area contributed by atoms with Crippen LogP contribution in [0.3, 0.4) is 0 Å². The average molecular weight is 390 g/mol. The molecule has 0 aliphatic heterocycles. The molecule has 1 aromatic carbocycles. The second kappa shape index (κ2) is 6.21. The molecular formula is C18H19N3O3S2. The highest BCUT2D eigenvalue weighted by Gasteiger charge is 2.30. The van der Waals surface area contributed by atoms with Crippen LogP contribution < -0.4 is 4.72 Å². The van der Waals surface area contributed by atoms with Crippen LogP contribution >= 0.6 is 11.3 Å². The van der Waals surface area contributed by atoms with Crippen molar-refractivity contribution in [2.45, 2.75) is 44.4 Å².